The molecule has 0 radical (unpaired) electrons. The van der Waals surface area contributed by atoms with Crippen molar-refractivity contribution in [3.63, 3.8) is 0 Å². The van der Waals surface area contributed by atoms with E-state index in [2.05, 4.69) is 128 Å². The molecule has 172 valence electrons. The fourth-order valence-electron chi connectivity index (χ4n) is 4.92. The smallest absolute Gasteiger partial charge is 0.234 e. The molecule has 2 nitrogen and oxygen atoms in total. The molecular weight excluding hydrogens is 506 g/mol. The van der Waals surface area contributed by atoms with Crippen LogP contribution in [0.4, 0.5) is 0 Å². The zero-order valence-corrected chi connectivity index (χ0v) is 23.2. The van der Waals surface area contributed by atoms with Crippen molar-refractivity contribution in [2.75, 3.05) is 11.9 Å². The first-order valence-electron chi connectivity index (χ1n) is 11.5. The minimum absolute atomic E-state index is 0.121. The summed E-state index contributed by atoms with van der Waals surface area (Å²) in [6, 6.07) is 31.0. The van der Waals surface area contributed by atoms with Gasteiger partial charge in [-0.15, -0.1) is 0 Å². The van der Waals surface area contributed by atoms with Gasteiger partial charge >= 0.3 is 0 Å². The molecule has 0 atom stereocenters. The summed E-state index contributed by atoms with van der Waals surface area (Å²) in [6.07, 6.45) is 0.664. The fraction of sp³-hybridized carbons (Fsp3) is 0.321. The Kier molecular flexibility index (Phi) is 6.95. The lowest BCUT2D eigenvalue weighted by Crippen LogP contribution is -2.60. The van der Waals surface area contributed by atoms with Crippen LogP contribution in [0.2, 0.25) is 18.1 Å². The van der Waals surface area contributed by atoms with Crippen LogP contribution >= 0.6 is 27.9 Å². The minimum atomic E-state index is -2.11. The summed E-state index contributed by atoms with van der Waals surface area (Å²) in [4.78, 5) is 12.9. The van der Waals surface area contributed by atoms with Gasteiger partial charge < -0.3 is 0 Å². The predicted molar refractivity (Wildman–Crippen MR) is 147 cm³/mol. The minimum Gasteiger partial charge on any atom is -0.282 e. The molecule has 0 saturated carbocycles. The van der Waals surface area contributed by atoms with E-state index in [4.69, 9.17) is 0 Å². The first kappa shape index (κ1) is 24.3. The first-order valence-corrected chi connectivity index (χ1v) is 16.4. The molecule has 1 fully saturated rings. The number of nitrogens with zero attached hydrogens (tertiary/aromatic N) is 1. The van der Waals surface area contributed by atoms with Gasteiger partial charge in [0.05, 0.1) is 8.07 Å². The van der Waals surface area contributed by atoms with Crippen molar-refractivity contribution in [3.05, 3.63) is 102 Å². The second-order valence-corrected chi connectivity index (χ2v) is 17.0. The van der Waals surface area contributed by atoms with Gasteiger partial charge in [0.2, 0.25) is 5.91 Å². The number of halogens is 1. The number of benzene rings is 3. The van der Waals surface area contributed by atoms with E-state index in [9.17, 15) is 4.79 Å². The number of carbonyl (C=O) groups excluding carboxylic acids is 1. The Morgan fingerprint density at radius 3 is 1.73 bits per heavy atom. The second-order valence-electron chi connectivity index (χ2n) is 9.99. The molecule has 1 aliphatic rings. The molecule has 5 heteroatoms. The van der Waals surface area contributed by atoms with E-state index in [1.54, 1.807) is 11.9 Å². The van der Waals surface area contributed by atoms with Gasteiger partial charge in [-0.05, 0) is 45.8 Å². The monoisotopic (exact) mass is 537 g/mol. The SMILES string of the molecule is CC(C)(CBr)[Si](C)(C)C(c1ccccc1)(c1ccccc1)c1ccc(SN2CCC2=O)cc1. The summed E-state index contributed by atoms with van der Waals surface area (Å²) in [5.41, 5.74) is 4.02. The van der Waals surface area contributed by atoms with Gasteiger partial charge in [0.1, 0.15) is 0 Å². The zero-order chi connectivity index (χ0) is 23.7. The van der Waals surface area contributed by atoms with E-state index in [0.717, 1.165) is 16.8 Å². The number of alkyl halides is 1. The molecule has 0 aromatic heterocycles. The lowest BCUT2D eigenvalue weighted by Gasteiger charge is -2.54. The Bertz CT molecular complexity index is 1060. The Balaban J connectivity index is 1.95. The van der Waals surface area contributed by atoms with Gasteiger partial charge in [-0.3, -0.25) is 9.10 Å². The molecule has 3 aromatic carbocycles. The van der Waals surface area contributed by atoms with Crippen molar-refractivity contribution in [2.45, 2.75) is 48.3 Å². The molecular formula is C28H32BrNOSSi. The van der Waals surface area contributed by atoms with Crippen LogP contribution in [-0.4, -0.2) is 30.2 Å². The summed E-state index contributed by atoms with van der Waals surface area (Å²) < 4.78 is 1.85. The maximum Gasteiger partial charge on any atom is 0.234 e. The normalized spacial score (nSPS) is 14.8. The highest BCUT2D eigenvalue weighted by molar-refractivity contribution is 9.09. The summed E-state index contributed by atoms with van der Waals surface area (Å²) >= 11 is 5.42. The Morgan fingerprint density at radius 2 is 1.33 bits per heavy atom. The third kappa shape index (κ3) is 4.13. The molecule has 3 aromatic rings. The first-order chi connectivity index (χ1) is 15.7. The quantitative estimate of drug-likeness (QED) is 0.0964. The van der Waals surface area contributed by atoms with Gasteiger partial charge in [-0.25, -0.2) is 0 Å². The molecule has 4 rings (SSSR count). The molecule has 0 N–H and O–H groups in total. The van der Waals surface area contributed by atoms with Crippen LogP contribution < -0.4 is 0 Å². The van der Waals surface area contributed by atoms with Crippen molar-refractivity contribution >= 4 is 41.9 Å². The van der Waals surface area contributed by atoms with Crippen LogP contribution in [0.1, 0.15) is 37.0 Å². The van der Waals surface area contributed by atoms with Crippen molar-refractivity contribution < 1.29 is 4.79 Å². The number of carbonyl (C=O) groups is 1. The molecule has 1 aliphatic heterocycles. The highest BCUT2D eigenvalue weighted by Gasteiger charge is 2.57. The fourth-order valence-corrected chi connectivity index (χ4v) is 11.9. The third-order valence-electron chi connectivity index (χ3n) is 7.69. The van der Waals surface area contributed by atoms with E-state index in [1.807, 2.05) is 4.31 Å². The third-order valence-corrected chi connectivity index (χ3v) is 17.0. The van der Waals surface area contributed by atoms with Crippen LogP contribution in [0.5, 0.6) is 0 Å². The molecule has 0 unspecified atom stereocenters. The van der Waals surface area contributed by atoms with Crippen molar-refractivity contribution in [1.82, 2.24) is 4.31 Å². The Hall–Kier alpha value is -1.82. The van der Waals surface area contributed by atoms with E-state index in [0.29, 0.717) is 6.42 Å². The van der Waals surface area contributed by atoms with Crippen LogP contribution in [0, 0.1) is 0 Å². The number of hydrogen-bond acceptors (Lipinski definition) is 2. The highest BCUT2D eigenvalue weighted by atomic mass is 79.9. The standard InChI is InChI=1S/C28H32BrNOSSi/c1-27(2,21-29)33(3,4)28(22-11-7-5-8-12-22,23-13-9-6-10-14-23)24-15-17-25(18-16-24)32-30-20-19-26(30)31/h5-18H,19-21H2,1-4H3. The lowest BCUT2D eigenvalue weighted by molar-refractivity contribution is -0.132. The highest BCUT2D eigenvalue weighted by Crippen LogP contribution is 2.56. The second kappa shape index (κ2) is 9.44. The largest absolute Gasteiger partial charge is 0.282 e. The molecule has 0 aliphatic carbocycles. The van der Waals surface area contributed by atoms with Gasteiger partial charge in [0, 0.05) is 28.2 Å². The maximum absolute atomic E-state index is 11.8. The summed E-state index contributed by atoms with van der Waals surface area (Å²) in [7, 11) is -2.11. The zero-order valence-electron chi connectivity index (χ0n) is 19.8. The van der Waals surface area contributed by atoms with Gasteiger partial charge in [-0.2, -0.15) is 0 Å². The predicted octanol–water partition coefficient (Wildman–Crippen LogP) is 7.68. The van der Waals surface area contributed by atoms with Crippen molar-refractivity contribution in [3.8, 4) is 0 Å². The number of hydrogen-bond donors (Lipinski definition) is 0. The number of amides is 1. The van der Waals surface area contributed by atoms with Crippen LogP contribution in [0.25, 0.3) is 0 Å². The summed E-state index contributed by atoms with van der Waals surface area (Å²) in [6.45, 7) is 10.7. The summed E-state index contributed by atoms with van der Waals surface area (Å²) in [5.74, 6) is 0.222. The van der Waals surface area contributed by atoms with E-state index < -0.39 is 8.07 Å². The number of β-lactam (4-membered cyclic amide) rings is 1. The maximum atomic E-state index is 11.8. The van der Waals surface area contributed by atoms with E-state index in [-0.39, 0.29) is 16.0 Å². The molecule has 1 heterocycles. The Morgan fingerprint density at radius 1 is 0.848 bits per heavy atom. The molecule has 1 amide bonds. The topological polar surface area (TPSA) is 20.3 Å². The van der Waals surface area contributed by atoms with E-state index in [1.165, 1.54) is 16.7 Å². The van der Waals surface area contributed by atoms with Crippen molar-refractivity contribution in [1.29, 1.82) is 0 Å². The number of rotatable bonds is 8. The molecule has 0 bridgehead atoms. The molecule has 33 heavy (non-hydrogen) atoms. The average Bonchev–Trinajstić information content (AvgIpc) is 2.84. The van der Waals surface area contributed by atoms with Gasteiger partial charge in [-0.1, -0.05) is 116 Å². The van der Waals surface area contributed by atoms with Gasteiger partial charge in [0.15, 0.2) is 0 Å². The lowest BCUT2D eigenvalue weighted by atomic mass is 9.83. The van der Waals surface area contributed by atoms with Crippen molar-refractivity contribution in [2.24, 2.45) is 0 Å². The molecule has 0 spiro atoms. The van der Waals surface area contributed by atoms with Crippen LogP contribution in [0.3, 0.4) is 0 Å². The molecule has 1 saturated heterocycles. The average molecular weight is 539 g/mol. The van der Waals surface area contributed by atoms with Gasteiger partial charge in [0.25, 0.3) is 0 Å². The Labute approximate surface area is 212 Å². The van der Waals surface area contributed by atoms with E-state index >= 15 is 0 Å². The summed E-state index contributed by atoms with van der Waals surface area (Å²) in [5, 5.41) is 0.838. The van der Waals surface area contributed by atoms with Crippen LogP contribution in [-0.2, 0) is 9.83 Å². The van der Waals surface area contributed by atoms with Crippen LogP contribution in [0.15, 0.2) is 89.8 Å².